The Hall–Kier alpha value is -1.30. The molecule has 90 valence electrons. The number of hydrogen-bond acceptors (Lipinski definition) is 3. The van der Waals surface area contributed by atoms with Crippen molar-refractivity contribution in [2.24, 2.45) is 5.92 Å². The van der Waals surface area contributed by atoms with Gasteiger partial charge in [0.25, 0.3) is 5.95 Å². The number of halogens is 3. The highest BCUT2D eigenvalue weighted by atomic mass is 19.2. The minimum atomic E-state index is -1.32. The second-order valence-corrected chi connectivity index (χ2v) is 3.53. The maximum absolute atomic E-state index is 13.1. The van der Waals surface area contributed by atoms with Crippen molar-refractivity contribution >= 4 is 5.82 Å². The van der Waals surface area contributed by atoms with E-state index in [4.69, 9.17) is 4.74 Å². The average Bonchev–Trinajstić information content (AvgIpc) is 2.22. The van der Waals surface area contributed by atoms with Crippen LogP contribution in [0.3, 0.4) is 0 Å². The minimum Gasteiger partial charge on any atom is -0.384 e. The summed E-state index contributed by atoms with van der Waals surface area (Å²) in [4.78, 5) is 3.14. The Morgan fingerprint density at radius 2 is 2.06 bits per heavy atom. The lowest BCUT2D eigenvalue weighted by molar-refractivity contribution is 0.164. The SMILES string of the molecule is COCC(C)CNc1nc(F)c(F)cc1F. The molecule has 0 aliphatic rings. The highest BCUT2D eigenvalue weighted by molar-refractivity contribution is 5.36. The first-order valence-electron chi connectivity index (χ1n) is 4.79. The first kappa shape index (κ1) is 12.8. The summed E-state index contributed by atoms with van der Waals surface area (Å²) in [6, 6.07) is 0.464. The van der Waals surface area contributed by atoms with E-state index in [9.17, 15) is 13.2 Å². The van der Waals surface area contributed by atoms with Crippen LogP contribution in [-0.2, 0) is 4.74 Å². The average molecular weight is 234 g/mol. The van der Waals surface area contributed by atoms with Gasteiger partial charge in [0, 0.05) is 19.7 Å². The van der Waals surface area contributed by atoms with E-state index in [2.05, 4.69) is 10.3 Å². The van der Waals surface area contributed by atoms with Gasteiger partial charge in [-0.1, -0.05) is 6.92 Å². The summed E-state index contributed by atoms with van der Waals surface area (Å²) < 4.78 is 43.2. The van der Waals surface area contributed by atoms with E-state index in [1.807, 2.05) is 6.92 Å². The third-order valence-corrected chi connectivity index (χ3v) is 1.96. The largest absolute Gasteiger partial charge is 0.384 e. The van der Waals surface area contributed by atoms with Crippen LogP contribution in [0.15, 0.2) is 6.07 Å². The summed E-state index contributed by atoms with van der Waals surface area (Å²) in [5.41, 5.74) is 0. The third-order valence-electron chi connectivity index (χ3n) is 1.96. The maximum Gasteiger partial charge on any atom is 0.251 e. The van der Waals surface area contributed by atoms with Gasteiger partial charge in [-0.05, 0) is 5.92 Å². The summed E-state index contributed by atoms with van der Waals surface area (Å²) in [6.07, 6.45) is 0. The molecule has 1 N–H and O–H groups in total. The number of anilines is 1. The Bertz CT molecular complexity index is 360. The van der Waals surface area contributed by atoms with E-state index in [0.29, 0.717) is 19.2 Å². The van der Waals surface area contributed by atoms with Gasteiger partial charge in [0.15, 0.2) is 17.5 Å². The van der Waals surface area contributed by atoms with E-state index in [0.717, 1.165) is 0 Å². The van der Waals surface area contributed by atoms with E-state index in [1.165, 1.54) is 0 Å². The number of aromatic nitrogens is 1. The second-order valence-electron chi connectivity index (χ2n) is 3.53. The molecule has 0 spiro atoms. The van der Waals surface area contributed by atoms with E-state index in [1.54, 1.807) is 7.11 Å². The monoisotopic (exact) mass is 234 g/mol. The van der Waals surface area contributed by atoms with E-state index >= 15 is 0 Å². The Labute approximate surface area is 91.6 Å². The van der Waals surface area contributed by atoms with Crippen molar-refractivity contribution in [3.05, 3.63) is 23.6 Å². The molecule has 16 heavy (non-hydrogen) atoms. The Kier molecular flexibility index (Phi) is 4.54. The molecule has 0 saturated carbocycles. The fourth-order valence-electron chi connectivity index (χ4n) is 1.18. The third kappa shape index (κ3) is 3.37. The molecule has 0 bridgehead atoms. The van der Waals surface area contributed by atoms with Gasteiger partial charge in [0.2, 0.25) is 0 Å². The summed E-state index contributed by atoms with van der Waals surface area (Å²) in [5.74, 6) is -3.71. The van der Waals surface area contributed by atoms with Crippen LogP contribution in [0.4, 0.5) is 19.0 Å². The second kappa shape index (κ2) is 5.69. The van der Waals surface area contributed by atoms with Crippen molar-refractivity contribution in [3.63, 3.8) is 0 Å². The summed E-state index contributed by atoms with van der Waals surface area (Å²) in [7, 11) is 1.55. The smallest absolute Gasteiger partial charge is 0.251 e. The Balaban J connectivity index is 2.63. The molecule has 0 fully saturated rings. The molecule has 1 aromatic heterocycles. The Morgan fingerprint density at radius 1 is 1.38 bits per heavy atom. The molecule has 0 saturated heterocycles. The quantitative estimate of drug-likeness (QED) is 0.793. The summed E-state index contributed by atoms with van der Waals surface area (Å²) in [6.45, 7) is 2.72. The molecule has 0 aromatic carbocycles. The molecule has 1 atom stereocenters. The van der Waals surface area contributed by atoms with Gasteiger partial charge in [-0.3, -0.25) is 0 Å². The zero-order chi connectivity index (χ0) is 12.1. The van der Waals surface area contributed by atoms with Gasteiger partial charge in [0.1, 0.15) is 0 Å². The highest BCUT2D eigenvalue weighted by Gasteiger charge is 2.12. The molecule has 6 heteroatoms. The van der Waals surface area contributed by atoms with Crippen LogP contribution in [0.1, 0.15) is 6.92 Å². The predicted molar refractivity (Wildman–Crippen MR) is 53.6 cm³/mol. The van der Waals surface area contributed by atoms with Crippen molar-refractivity contribution in [2.75, 3.05) is 25.6 Å². The predicted octanol–water partition coefficient (Wildman–Crippen LogP) is 2.19. The first-order chi connectivity index (χ1) is 7.54. The zero-order valence-electron chi connectivity index (χ0n) is 9.06. The van der Waals surface area contributed by atoms with Crippen LogP contribution in [0, 0.1) is 23.5 Å². The molecule has 1 heterocycles. The number of methoxy groups -OCH3 is 1. The molecule has 1 rings (SSSR count). The maximum atomic E-state index is 13.1. The normalized spacial score (nSPS) is 12.6. The van der Waals surface area contributed by atoms with Gasteiger partial charge < -0.3 is 10.1 Å². The summed E-state index contributed by atoms with van der Waals surface area (Å²) >= 11 is 0. The molecule has 0 radical (unpaired) electrons. The molecule has 1 unspecified atom stereocenters. The molecule has 1 aromatic rings. The fourth-order valence-corrected chi connectivity index (χ4v) is 1.18. The molecular weight excluding hydrogens is 221 g/mol. The van der Waals surface area contributed by atoms with Gasteiger partial charge >= 0.3 is 0 Å². The number of rotatable bonds is 5. The summed E-state index contributed by atoms with van der Waals surface area (Å²) in [5, 5.41) is 2.59. The van der Waals surface area contributed by atoms with Crippen molar-refractivity contribution in [1.29, 1.82) is 0 Å². The Morgan fingerprint density at radius 3 is 2.69 bits per heavy atom. The van der Waals surface area contributed by atoms with Crippen LogP contribution in [0.25, 0.3) is 0 Å². The zero-order valence-corrected chi connectivity index (χ0v) is 9.06. The molecule has 0 aliphatic heterocycles. The lowest BCUT2D eigenvalue weighted by Gasteiger charge is -2.12. The van der Waals surface area contributed by atoms with Crippen molar-refractivity contribution < 1.29 is 17.9 Å². The number of pyridine rings is 1. The molecule has 0 amide bonds. The van der Waals surface area contributed by atoms with Gasteiger partial charge in [-0.15, -0.1) is 0 Å². The first-order valence-corrected chi connectivity index (χ1v) is 4.79. The van der Waals surface area contributed by atoms with Crippen LogP contribution >= 0.6 is 0 Å². The standard InChI is InChI=1S/C10H13F3N2O/c1-6(5-16-2)4-14-10-8(12)3-7(11)9(13)15-10/h3,6H,4-5H2,1-2H3,(H,14,15). The lowest BCUT2D eigenvalue weighted by atomic mass is 10.2. The lowest BCUT2D eigenvalue weighted by Crippen LogP contribution is -2.17. The van der Waals surface area contributed by atoms with Crippen LogP contribution in [0.5, 0.6) is 0 Å². The number of hydrogen-bond donors (Lipinski definition) is 1. The van der Waals surface area contributed by atoms with Crippen molar-refractivity contribution in [3.8, 4) is 0 Å². The highest BCUT2D eigenvalue weighted by Crippen LogP contribution is 2.14. The number of ether oxygens (including phenoxy) is 1. The topological polar surface area (TPSA) is 34.1 Å². The molecular formula is C10H13F3N2O. The fraction of sp³-hybridized carbons (Fsp3) is 0.500. The number of nitrogens with zero attached hydrogens (tertiary/aromatic N) is 1. The van der Waals surface area contributed by atoms with Crippen LogP contribution < -0.4 is 5.32 Å². The van der Waals surface area contributed by atoms with Gasteiger partial charge in [0.05, 0.1) is 6.61 Å². The van der Waals surface area contributed by atoms with Crippen LogP contribution in [0.2, 0.25) is 0 Å². The minimum absolute atomic E-state index is 0.110. The van der Waals surface area contributed by atoms with E-state index < -0.39 is 17.6 Å². The molecule has 3 nitrogen and oxygen atoms in total. The van der Waals surface area contributed by atoms with Crippen molar-refractivity contribution in [1.82, 2.24) is 4.98 Å². The number of nitrogens with one attached hydrogen (secondary N) is 1. The van der Waals surface area contributed by atoms with Gasteiger partial charge in [-0.2, -0.15) is 9.37 Å². The molecule has 0 aliphatic carbocycles. The van der Waals surface area contributed by atoms with Crippen LogP contribution in [-0.4, -0.2) is 25.2 Å². The van der Waals surface area contributed by atoms with Crippen molar-refractivity contribution in [2.45, 2.75) is 6.92 Å². The van der Waals surface area contributed by atoms with Gasteiger partial charge in [-0.25, -0.2) is 8.78 Å². The van der Waals surface area contributed by atoms with E-state index in [-0.39, 0.29) is 11.7 Å².